The normalized spacial score (nSPS) is 23.9. The van der Waals surface area contributed by atoms with Crippen molar-refractivity contribution in [2.45, 2.75) is 38.7 Å². The van der Waals surface area contributed by atoms with Crippen LogP contribution in [0.15, 0.2) is 12.3 Å². The van der Waals surface area contributed by atoms with Gasteiger partial charge in [0.15, 0.2) is 5.69 Å². The van der Waals surface area contributed by atoms with E-state index in [4.69, 9.17) is 4.74 Å². The van der Waals surface area contributed by atoms with Gasteiger partial charge in [-0.05, 0) is 19.9 Å². The molecule has 1 aromatic heterocycles. The van der Waals surface area contributed by atoms with Gasteiger partial charge in [0, 0.05) is 12.7 Å². The van der Waals surface area contributed by atoms with E-state index in [1.807, 2.05) is 13.8 Å². The molecule has 2 atom stereocenters. The molecule has 20 heavy (non-hydrogen) atoms. The summed E-state index contributed by atoms with van der Waals surface area (Å²) in [4.78, 5) is 13.7. The Morgan fingerprint density at radius 3 is 2.80 bits per heavy atom. The van der Waals surface area contributed by atoms with Gasteiger partial charge in [0.2, 0.25) is 5.91 Å². The molecular weight excluding hydrogens is 275 g/mol. The topological polar surface area (TPSA) is 47.4 Å². The molecule has 0 aliphatic carbocycles. The quantitative estimate of drug-likeness (QED) is 0.830. The summed E-state index contributed by atoms with van der Waals surface area (Å²) in [6.45, 7) is 4.36. The summed E-state index contributed by atoms with van der Waals surface area (Å²) in [6.07, 6.45) is -3.40. The van der Waals surface area contributed by atoms with Crippen LogP contribution in [0.1, 0.15) is 19.5 Å². The summed E-state index contributed by atoms with van der Waals surface area (Å²) in [5, 5.41) is 3.37. The minimum atomic E-state index is -4.49. The molecule has 1 fully saturated rings. The number of rotatable bonds is 2. The molecule has 112 valence electrons. The number of nitrogens with zero attached hydrogens (tertiary/aromatic N) is 3. The zero-order chi connectivity index (χ0) is 14.9. The van der Waals surface area contributed by atoms with E-state index in [-0.39, 0.29) is 24.6 Å². The van der Waals surface area contributed by atoms with Crippen LogP contribution in [0.3, 0.4) is 0 Å². The predicted molar refractivity (Wildman–Crippen MR) is 63.8 cm³/mol. The van der Waals surface area contributed by atoms with E-state index in [9.17, 15) is 18.0 Å². The van der Waals surface area contributed by atoms with Crippen LogP contribution in [0.2, 0.25) is 0 Å². The second-order valence-electron chi connectivity index (χ2n) is 4.94. The van der Waals surface area contributed by atoms with Crippen molar-refractivity contribution < 1.29 is 22.7 Å². The predicted octanol–water partition coefficient (Wildman–Crippen LogP) is 1.54. The summed E-state index contributed by atoms with van der Waals surface area (Å²) >= 11 is 0. The second-order valence-corrected chi connectivity index (χ2v) is 4.94. The molecule has 2 heterocycles. The maximum absolute atomic E-state index is 12.4. The van der Waals surface area contributed by atoms with Gasteiger partial charge in [-0.3, -0.25) is 9.48 Å². The molecule has 0 radical (unpaired) electrons. The zero-order valence-electron chi connectivity index (χ0n) is 11.2. The van der Waals surface area contributed by atoms with E-state index in [1.54, 1.807) is 4.90 Å². The lowest BCUT2D eigenvalue weighted by Crippen LogP contribution is -2.51. The molecule has 1 amide bonds. The fraction of sp³-hybridized carbons (Fsp3) is 0.667. The maximum atomic E-state index is 12.4. The molecule has 0 bridgehead atoms. The lowest BCUT2D eigenvalue weighted by molar-refractivity contribution is -0.145. The third-order valence-electron chi connectivity index (χ3n) is 3.16. The van der Waals surface area contributed by atoms with Crippen molar-refractivity contribution in [1.82, 2.24) is 14.7 Å². The first-order valence-electron chi connectivity index (χ1n) is 6.29. The smallest absolute Gasteiger partial charge is 0.375 e. The Labute approximate surface area is 114 Å². The first-order valence-corrected chi connectivity index (χ1v) is 6.29. The van der Waals surface area contributed by atoms with Crippen molar-refractivity contribution in [3.8, 4) is 0 Å². The van der Waals surface area contributed by atoms with Gasteiger partial charge in [-0.2, -0.15) is 18.3 Å². The lowest BCUT2D eigenvalue weighted by atomic mass is 10.2. The SMILES string of the molecule is C[C@@H]1CN(C(=O)Cn2ccc(C(F)(F)F)n2)[C@@H](C)CO1. The number of ether oxygens (including phenoxy) is 1. The summed E-state index contributed by atoms with van der Waals surface area (Å²) in [5.41, 5.74) is -0.992. The molecule has 1 aromatic rings. The monoisotopic (exact) mass is 291 g/mol. The molecule has 1 aliphatic rings. The van der Waals surface area contributed by atoms with Crippen LogP contribution >= 0.6 is 0 Å². The van der Waals surface area contributed by atoms with E-state index in [2.05, 4.69) is 5.10 Å². The lowest BCUT2D eigenvalue weighted by Gasteiger charge is -2.36. The molecule has 0 N–H and O–H groups in total. The maximum Gasteiger partial charge on any atom is 0.435 e. The summed E-state index contributed by atoms with van der Waals surface area (Å²) in [5.74, 6) is -0.260. The second kappa shape index (κ2) is 5.43. The molecule has 1 saturated heterocycles. The standard InChI is InChI=1S/C12H16F3N3O2/c1-8-7-20-9(2)5-18(8)11(19)6-17-4-3-10(16-17)12(13,14)15/h3-4,8-9H,5-7H2,1-2H3/t8-,9+/m0/s1. The number of carbonyl (C=O) groups excluding carboxylic acids is 1. The van der Waals surface area contributed by atoms with Gasteiger partial charge in [0.1, 0.15) is 6.54 Å². The first kappa shape index (κ1) is 14.8. The van der Waals surface area contributed by atoms with Gasteiger partial charge < -0.3 is 9.64 Å². The van der Waals surface area contributed by atoms with Gasteiger partial charge in [-0.15, -0.1) is 0 Å². The zero-order valence-corrected chi connectivity index (χ0v) is 11.2. The van der Waals surface area contributed by atoms with Crippen molar-refractivity contribution in [2.75, 3.05) is 13.2 Å². The first-order chi connectivity index (χ1) is 9.27. The largest absolute Gasteiger partial charge is 0.435 e. The van der Waals surface area contributed by atoms with Gasteiger partial charge in [0.05, 0.1) is 18.8 Å². The average molecular weight is 291 g/mol. The van der Waals surface area contributed by atoms with Crippen LogP contribution < -0.4 is 0 Å². The van der Waals surface area contributed by atoms with Crippen LogP contribution in [0.4, 0.5) is 13.2 Å². The van der Waals surface area contributed by atoms with Crippen LogP contribution in [0.25, 0.3) is 0 Å². The number of amides is 1. The molecular formula is C12H16F3N3O2. The fourth-order valence-corrected chi connectivity index (χ4v) is 2.08. The van der Waals surface area contributed by atoms with Crippen molar-refractivity contribution >= 4 is 5.91 Å². The molecule has 0 spiro atoms. The van der Waals surface area contributed by atoms with Gasteiger partial charge in [-0.25, -0.2) is 0 Å². The average Bonchev–Trinajstić information content (AvgIpc) is 2.80. The van der Waals surface area contributed by atoms with Crippen molar-refractivity contribution in [3.63, 3.8) is 0 Å². The van der Waals surface area contributed by atoms with E-state index in [0.29, 0.717) is 13.2 Å². The van der Waals surface area contributed by atoms with Crippen LogP contribution in [0, 0.1) is 0 Å². The number of hydrogen-bond acceptors (Lipinski definition) is 3. The summed E-state index contributed by atoms with van der Waals surface area (Å²) < 4.78 is 43.7. The summed E-state index contributed by atoms with van der Waals surface area (Å²) in [7, 11) is 0. The van der Waals surface area contributed by atoms with Crippen molar-refractivity contribution in [1.29, 1.82) is 0 Å². The van der Waals surface area contributed by atoms with Crippen LogP contribution in [-0.2, 0) is 22.3 Å². The van der Waals surface area contributed by atoms with E-state index in [0.717, 1.165) is 16.9 Å². The Hall–Kier alpha value is -1.57. The van der Waals surface area contributed by atoms with E-state index >= 15 is 0 Å². The minimum absolute atomic E-state index is 0.0708. The van der Waals surface area contributed by atoms with Crippen LogP contribution in [-0.4, -0.2) is 45.9 Å². The van der Waals surface area contributed by atoms with Crippen LogP contribution in [0.5, 0.6) is 0 Å². The third kappa shape index (κ3) is 3.30. The highest BCUT2D eigenvalue weighted by Crippen LogP contribution is 2.27. The van der Waals surface area contributed by atoms with E-state index in [1.165, 1.54) is 0 Å². The molecule has 8 heteroatoms. The number of aromatic nitrogens is 2. The molecule has 1 aliphatic heterocycles. The number of alkyl halides is 3. The Balaban J connectivity index is 2.02. The third-order valence-corrected chi connectivity index (χ3v) is 3.16. The highest BCUT2D eigenvalue weighted by atomic mass is 19.4. The van der Waals surface area contributed by atoms with Gasteiger partial charge in [-0.1, -0.05) is 0 Å². The number of carbonyl (C=O) groups is 1. The highest BCUT2D eigenvalue weighted by Gasteiger charge is 2.34. The molecule has 0 unspecified atom stereocenters. The van der Waals surface area contributed by atoms with E-state index < -0.39 is 11.9 Å². The Kier molecular flexibility index (Phi) is 4.03. The Morgan fingerprint density at radius 2 is 2.20 bits per heavy atom. The molecule has 0 aromatic carbocycles. The number of hydrogen-bond donors (Lipinski definition) is 0. The summed E-state index contributed by atoms with van der Waals surface area (Å²) in [6, 6.07) is 0.773. The van der Waals surface area contributed by atoms with Crippen molar-refractivity contribution in [3.05, 3.63) is 18.0 Å². The Bertz CT molecular complexity index is 487. The molecule has 2 rings (SSSR count). The van der Waals surface area contributed by atoms with Crippen molar-refractivity contribution in [2.24, 2.45) is 0 Å². The minimum Gasteiger partial charge on any atom is -0.375 e. The number of halogens is 3. The Morgan fingerprint density at radius 1 is 1.50 bits per heavy atom. The number of morpholine rings is 1. The molecule has 0 saturated carbocycles. The molecule has 5 nitrogen and oxygen atoms in total. The fourth-order valence-electron chi connectivity index (χ4n) is 2.08. The highest BCUT2D eigenvalue weighted by molar-refractivity contribution is 5.76. The van der Waals surface area contributed by atoms with Gasteiger partial charge in [0.25, 0.3) is 0 Å². The van der Waals surface area contributed by atoms with Gasteiger partial charge >= 0.3 is 6.18 Å².